The Hall–Kier alpha value is -2.74. The van der Waals surface area contributed by atoms with Gasteiger partial charge in [-0.3, -0.25) is 9.69 Å². The molecule has 5 heteroatoms. The molecular formula is C16H14N2O3. The number of anilines is 1. The lowest BCUT2D eigenvalue weighted by molar-refractivity contribution is -0.117. The highest BCUT2D eigenvalue weighted by molar-refractivity contribution is 5.95. The molecule has 0 bridgehead atoms. The van der Waals surface area contributed by atoms with E-state index in [0.717, 1.165) is 11.3 Å². The van der Waals surface area contributed by atoms with E-state index in [2.05, 4.69) is 11.1 Å². The normalized spacial score (nSPS) is 17.8. The van der Waals surface area contributed by atoms with Gasteiger partial charge in [-0.1, -0.05) is 17.3 Å². The SMILES string of the molecule is C#CC1CC(=O)N(c2cc(-c3cccc(OC)c3)no2)C1. The first-order valence-corrected chi connectivity index (χ1v) is 6.59. The molecule has 1 unspecified atom stereocenters. The number of amides is 1. The number of aromatic nitrogens is 1. The zero-order valence-electron chi connectivity index (χ0n) is 11.6. The topological polar surface area (TPSA) is 55.6 Å². The lowest BCUT2D eigenvalue weighted by Gasteiger charge is -2.09. The molecule has 2 aromatic rings. The van der Waals surface area contributed by atoms with Gasteiger partial charge in [0.25, 0.3) is 0 Å². The van der Waals surface area contributed by atoms with Crippen LogP contribution in [0.2, 0.25) is 0 Å². The van der Waals surface area contributed by atoms with Crippen molar-refractivity contribution in [2.75, 3.05) is 18.6 Å². The fourth-order valence-corrected chi connectivity index (χ4v) is 2.34. The highest BCUT2D eigenvalue weighted by Crippen LogP contribution is 2.30. The molecule has 5 nitrogen and oxygen atoms in total. The number of methoxy groups -OCH3 is 1. The van der Waals surface area contributed by atoms with Crippen molar-refractivity contribution in [3.05, 3.63) is 30.3 Å². The maximum absolute atomic E-state index is 11.9. The van der Waals surface area contributed by atoms with E-state index >= 15 is 0 Å². The van der Waals surface area contributed by atoms with Crippen LogP contribution in [0, 0.1) is 18.3 Å². The van der Waals surface area contributed by atoms with E-state index in [0.29, 0.717) is 24.5 Å². The van der Waals surface area contributed by atoms with Crippen LogP contribution in [-0.2, 0) is 4.79 Å². The Labute approximate surface area is 122 Å². The summed E-state index contributed by atoms with van der Waals surface area (Å²) in [4.78, 5) is 13.5. The van der Waals surface area contributed by atoms with Crippen LogP contribution in [0.3, 0.4) is 0 Å². The number of hydrogen-bond donors (Lipinski definition) is 0. The molecule has 0 spiro atoms. The molecule has 1 aromatic carbocycles. The molecule has 0 N–H and O–H groups in total. The minimum absolute atomic E-state index is 0.0358. The van der Waals surface area contributed by atoms with Gasteiger partial charge in [-0.05, 0) is 12.1 Å². The third-order valence-corrected chi connectivity index (χ3v) is 3.49. The largest absolute Gasteiger partial charge is 0.497 e. The van der Waals surface area contributed by atoms with Gasteiger partial charge in [0.05, 0.1) is 7.11 Å². The predicted octanol–water partition coefficient (Wildman–Crippen LogP) is 2.34. The van der Waals surface area contributed by atoms with Gasteiger partial charge in [0.2, 0.25) is 11.8 Å². The zero-order chi connectivity index (χ0) is 14.8. The number of carbonyl (C=O) groups excluding carboxylic acids is 1. The van der Waals surface area contributed by atoms with E-state index in [1.165, 1.54) is 0 Å². The smallest absolute Gasteiger partial charge is 0.234 e. The Morgan fingerprint density at radius 1 is 1.48 bits per heavy atom. The minimum Gasteiger partial charge on any atom is -0.497 e. The van der Waals surface area contributed by atoms with Crippen LogP contribution in [0.25, 0.3) is 11.3 Å². The van der Waals surface area contributed by atoms with Crippen molar-refractivity contribution in [3.63, 3.8) is 0 Å². The van der Waals surface area contributed by atoms with Crippen molar-refractivity contribution >= 4 is 11.8 Å². The minimum atomic E-state index is -0.0668. The second-order valence-corrected chi connectivity index (χ2v) is 4.85. The van der Waals surface area contributed by atoms with Crippen molar-refractivity contribution in [1.29, 1.82) is 0 Å². The Balaban J connectivity index is 1.87. The summed E-state index contributed by atoms with van der Waals surface area (Å²) in [7, 11) is 1.61. The lowest BCUT2D eigenvalue weighted by Crippen LogP contribution is -2.23. The van der Waals surface area contributed by atoms with Crippen molar-refractivity contribution in [1.82, 2.24) is 5.16 Å². The molecule has 1 aliphatic heterocycles. The summed E-state index contributed by atoms with van der Waals surface area (Å²) < 4.78 is 10.5. The van der Waals surface area contributed by atoms with E-state index in [1.54, 1.807) is 18.1 Å². The maximum atomic E-state index is 11.9. The van der Waals surface area contributed by atoms with Crippen LogP contribution in [0.5, 0.6) is 5.75 Å². The first-order valence-electron chi connectivity index (χ1n) is 6.59. The van der Waals surface area contributed by atoms with Crippen molar-refractivity contribution in [2.45, 2.75) is 6.42 Å². The van der Waals surface area contributed by atoms with Crippen molar-refractivity contribution < 1.29 is 14.1 Å². The number of rotatable bonds is 3. The molecular weight excluding hydrogens is 268 g/mol. The van der Waals surface area contributed by atoms with Crippen LogP contribution in [-0.4, -0.2) is 24.7 Å². The number of carbonyl (C=O) groups is 1. The molecule has 0 saturated carbocycles. The molecule has 0 radical (unpaired) electrons. The second-order valence-electron chi connectivity index (χ2n) is 4.85. The van der Waals surface area contributed by atoms with Crippen LogP contribution >= 0.6 is 0 Å². The monoisotopic (exact) mass is 282 g/mol. The number of terminal acetylenes is 1. The molecule has 1 fully saturated rings. The average Bonchev–Trinajstić information content (AvgIpc) is 3.13. The molecule has 21 heavy (non-hydrogen) atoms. The van der Waals surface area contributed by atoms with Crippen LogP contribution in [0.4, 0.5) is 5.88 Å². The van der Waals surface area contributed by atoms with Crippen LogP contribution in [0.1, 0.15) is 6.42 Å². The molecule has 1 saturated heterocycles. The third-order valence-electron chi connectivity index (χ3n) is 3.49. The summed E-state index contributed by atoms with van der Waals surface area (Å²) in [6.07, 6.45) is 5.73. The van der Waals surface area contributed by atoms with Gasteiger partial charge in [-0.25, -0.2) is 0 Å². The summed E-state index contributed by atoms with van der Waals surface area (Å²) >= 11 is 0. The van der Waals surface area contributed by atoms with Crippen LogP contribution in [0.15, 0.2) is 34.9 Å². The third kappa shape index (κ3) is 2.48. The maximum Gasteiger partial charge on any atom is 0.234 e. The standard InChI is InChI=1S/C16H14N2O3/c1-3-11-7-15(19)18(10-11)16-9-14(17-21-16)12-5-4-6-13(8-12)20-2/h1,4-6,8-9,11H,7,10H2,2H3. The zero-order valence-corrected chi connectivity index (χ0v) is 11.6. The van der Waals surface area contributed by atoms with Gasteiger partial charge >= 0.3 is 0 Å². The van der Waals surface area contributed by atoms with Crippen molar-refractivity contribution in [3.8, 4) is 29.4 Å². The number of nitrogens with zero attached hydrogens (tertiary/aromatic N) is 2. The van der Waals surface area contributed by atoms with E-state index in [4.69, 9.17) is 15.7 Å². The van der Waals surface area contributed by atoms with Crippen LogP contribution < -0.4 is 9.64 Å². The molecule has 2 heterocycles. The number of benzene rings is 1. The summed E-state index contributed by atoms with van der Waals surface area (Å²) in [5.74, 6) is 3.67. The highest BCUT2D eigenvalue weighted by atomic mass is 16.5. The second kappa shape index (κ2) is 5.33. The van der Waals surface area contributed by atoms with Gasteiger partial charge in [-0.2, -0.15) is 0 Å². The van der Waals surface area contributed by atoms with E-state index in [-0.39, 0.29) is 11.8 Å². The molecule has 1 aromatic heterocycles. The first kappa shape index (κ1) is 13.3. The van der Waals surface area contributed by atoms with E-state index in [9.17, 15) is 4.79 Å². The molecule has 106 valence electrons. The Kier molecular flexibility index (Phi) is 3.36. The summed E-state index contributed by atoms with van der Waals surface area (Å²) in [5.41, 5.74) is 1.52. The number of ether oxygens (including phenoxy) is 1. The van der Waals surface area contributed by atoms with E-state index in [1.807, 2.05) is 24.3 Å². The van der Waals surface area contributed by atoms with Crippen molar-refractivity contribution in [2.24, 2.45) is 5.92 Å². The fraction of sp³-hybridized carbons (Fsp3) is 0.250. The first-order chi connectivity index (χ1) is 10.2. The van der Waals surface area contributed by atoms with Gasteiger partial charge in [-0.15, -0.1) is 12.3 Å². The summed E-state index contributed by atoms with van der Waals surface area (Å²) in [6, 6.07) is 9.23. The molecule has 3 rings (SSSR count). The molecule has 1 atom stereocenters. The summed E-state index contributed by atoms with van der Waals surface area (Å²) in [6.45, 7) is 0.474. The van der Waals surface area contributed by atoms with Gasteiger partial charge in [0.1, 0.15) is 11.4 Å². The van der Waals surface area contributed by atoms with E-state index < -0.39 is 0 Å². The van der Waals surface area contributed by atoms with Gasteiger partial charge in [0, 0.05) is 30.5 Å². The quantitative estimate of drug-likeness (QED) is 0.811. The Bertz CT molecular complexity index is 714. The van der Waals surface area contributed by atoms with Gasteiger partial charge < -0.3 is 9.26 Å². The molecule has 1 amide bonds. The molecule has 0 aliphatic carbocycles. The number of hydrogen-bond acceptors (Lipinski definition) is 4. The fourth-order valence-electron chi connectivity index (χ4n) is 2.34. The highest BCUT2D eigenvalue weighted by Gasteiger charge is 2.31. The molecule has 1 aliphatic rings. The Morgan fingerprint density at radius 3 is 3.05 bits per heavy atom. The average molecular weight is 282 g/mol. The van der Waals surface area contributed by atoms with Gasteiger partial charge in [0.15, 0.2) is 0 Å². The predicted molar refractivity (Wildman–Crippen MR) is 77.8 cm³/mol. The lowest BCUT2D eigenvalue weighted by atomic mass is 10.1. The Morgan fingerprint density at radius 2 is 2.33 bits per heavy atom. The summed E-state index contributed by atoms with van der Waals surface area (Å²) in [5, 5.41) is 4.02.